The molecule has 4 rings (SSSR count). The third-order valence-corrected chi connectivity index (χ3v) is 4.16. The molecule has 17 heavy (non-hydrogen) atoms. The lowest BCUT2D eigenvalue weighted by Gasteiger charge is -2.15. The van der Waals surface area contributed by atoms with Crippen molar-refractivity contribution in [1.82, 2.24) is 9.55 Å². The van der Waals surface area contributed by atoms with Crippen LogP contribution in [0.15, 0.2) is 18.2 Å². The Labute approximate surface area is 101 Å². The molecule has 1 heterocycles. The van der Waals surface area contributed by atoms with Gasteiger partial charge in [-0.05, 0) is 50.8 Å². The average Bonchev–Trinajstić information content (AvgIpc) is 3.20. The van der Waals surface area contributed by atoms with Gasteiger partial charge in [0.05, 0.1) is 11.0 Å². The van der Waals surface area contributed by atoms with Crippen LogP contribution in [0.25, 0.3) is 11.0 Å². The van der Waals surface area contributed by atoms with Gasteiger partial charge in [0.15, 0.2) is 0 Å². The lowest BCUT2D eigenvalue weighted by Crippen LogP contribution is -2.15. The number of anilines is 1. The third-order valence-electron chi connectivity index (χ3n) is 4.16. The Balaban J connectivity index is 2.02. The predicted molar refractivity (Wildman–Crippen MR) is 69.0 cm³/mol. The lowest BCUT2D eigenvalue weighted by atomic mass is 10.2. The Kier molecular flexibility index (Phi) is 1.59. The van der Waals surface area contributed by atoms with Gasteiger partial charge in [0.2, 0.25) is 0 Å². The van der Waals surface area contributed by atoms with E-state index in [0.29, 0.717) is 11.5 Å². The van der Waals surface area contributed by atoms with Crippen LogP contribution in [-0.4, -0.2) is 9.55 Å². The quantitative estimate of drug-likeness (QED) is 0.801. The number of fused-ring (bicyclic) bond motifs is 1. The first-order chi connectivity index (χ1) is 8.17. The molecule has 0 saturated heterocycles. The van der Waals surface area contributed by atoms with E-state index >= 15 is 0 Å². The second kappa shape index (κ2) is 2.84. The van der Waals surface area contributed by atoms with Gasteiger partial charge in [0, 0.05) is 17.1 Å². The van der Waals surface area contributed by atoms with E-state index < -0.39 is 0 Å². The molecule has 2 aliphatic carbocycles. The van der Waals surface area contributed by atoms with E-state index in [2.05, 4.69) is 17.6 Å². The summed E-state index contributed by atoms with van der Waals surface area (Å²) in [6.45, 7) is 2.34. The number of nitrogens with two attached hydrogens (primary N) is 1. The third kappa shape index (κ3) is 1.31. The summed E-state index contributed by atoms with van der Waals surface area (Å²) < 4.78 is 2.49. The summed E-state index contributed by atoms with van der Waals surface area (Å²) in [5, 5.41) is 0. The Morgan fingerprint density at radius 1 is 1.35 bits per heavy atom. The molecule has 3 nitrogen and oxygen atoms in total. The smallest absolute Gasteiger partial charge is 0.113 e. The number of rotatable bonds is 2. The summed E-state index contributed by atoms with van der Waals surface area (Å²) in [5.41, 5.74) is 9.32. The molecule has 2 N–H and O–H groups in total. The zero-order valence-corrected chi connectivity index (χ0v) is 10.1. The topological polar surface area (TPSA) is 43.8 Å². The molecular formula is C14H17N3. The second-order valence-corrected chi connectivity index (χ2v) is 5.82. The zero-order valence-electron chi connectivity index (χ0n) is 10.1. The normalized spacial score (nSPS) is 21.9. The molecule has 2 aliphatic rings. The van der Waals surface area contributed by atoms with Crippen molar-refractivity contribution in [2.75, 3.05) is 5.73 Å². The molecule has 2 saturated carbocycles. The van der Waals surface area contributed by atoms with Gasteiger partial charge in [-0.2, -0.15) is 0 Å². The molecule has 3 heteroatoms. The van der Waals surface area contributed by atoms with E-state index in [1.54, 1.807) is 0 Å². The molecule has 0 amide bonds. The summed E-state index contributed by atoms with van der Waals surface area (Å²) in [7, 11) is 0. The Morgan fingerprint density at radius 3 is 2.76 bits per heavy atom. The fourth-order valence-corrected chi connectivity index (χ4v) is 2.70. The highest BCUT2D eigenvalue weighted by Crippen LogP contribution is 2.50. The van der Waals surface area contributed by atoms with Crippen LogP contribution in [0.4, 0.5) is 5.69 Å². The number of nitrogens with zero attached hydrogens (tertiary/aromatic N) is 2. The first kappa shape index (κ1) is 9.51. The van der Waals surface area contributed by atoms with Crippen LogP contribution in [0.1, 0.15) is 44.3 Å². The van der Waals surface area contributed by atoms with Crippen molar-refractivity contribution in [3.05, 3.63) is 24.0 Å². The summed E-state index contributed by atoms with van der Waals surface area (Å²) in [5.74, 6) is 1.99. The molecule has 0 atom stereocenters. The van der Waals surface area contributed by atoms with Crippen LogP contribution in [0.5, 0.6) is 0 Å². The maximum absolute atomic E-state index is 5.85. The number of hydrogen-bond donors (Lipinski definition) is 1. The van der Waals surface area contributed by atoms with Crippen LogP contribution < -0.4 is 5.73 Å². The molecule has 0 unspecified atom stereocenters. The number of imidazole rings is 1. The minimum Gasteiger partial charge on any atom is -0.399 e. The van der Waals surface area contributed by atoms with Crippen molar-refractivity contribution >= 4 is 16.7 Å². The molecule has 0 spiro atoms. The highest BCUT2D eigenvalue weighted by molar-refractivity contribution is 5.80. The number of benzene rings is 1. The summed E-state index contributed by atoms with van der Waals surface area (Å²) in [6.07, 6.45) is 5.16. The van der Waals surface area contributed by atoms with Gasteiger partial charge in [-0.25, -0.2) is 4.98 Å². The van der Waals surface area contributed by atoms with Gasteiger partial charge >= 0.3 is 0 Å². The summed E-state index contributed by atoms with van der Waals surface area (Å²) in [6, 6.07) is 6.12. The Hall–Kier alpha value is -1.51. The molecule has 1 aromatic heterocycles. The Morgan fingerprint density at radius 2 is 2.12 bits per heavy atom. The van der Waals surface area contributed by atoms with Crippen LogP contribution in [-0.2, 0) is 5.54 Å². The molecule has 2 aromatic rings. The molecule has 0 radical (unpaired) electrons. The predicted octanol–water partition coefficient (Wildman–Crippen LogP) is 3.00. The van der Waals surface area contributed by atoms with E-state index in [1.807, 2.05) is 12.1 Å². The van der Waals surface area contributed by atoms with Crippen LogP contribution in [0, 0.1) is 0 Å². The number of hydrogen-bond acceptors (Lipinski definition) is 2. The van der Waals surface area contributed by atoms with Crippen molar-refractivity contribution < 1.29 is 0 Å². The average molecular weight is 227 g/mol. The van der Waals surface area contributed by atoms with Crippen molar-refractivity contribution in [1.29, 1.82) is 0 Å². The van der Waals surface area contributed by atoms with Crippen LogP contribution in [0.2, 0.25) is 0 Å². The van der Waals surface area contributed by atoms with Crippen LogP contribution >= 0.6 is 0 Å². The van der Waals surface area contributed by atoms with Gasteiger partial charge < -0.3 is 10.3 Å². The molecule has 0 aliphatic heterocycles. The van der Waals surface area contributed by atoms with Crippen LogP contribution in [0.3, 0.4) is 0 Å². The SMILES string of the molecule is CC1(n2c(C3CC3)nc3cc(N)ccc32)CC1. The lowest BCUT2D eigenvalue weighted by molar-refractivity contribution is 0.523. The monoisotopic (exact) mass is 227 g/mol. The number of nitrogen functional groups attached to an aromatic ring is 1. The first-order valence-corrected chi connectivity index (χ1v) is 6.46. The van der Waals surface area contributed by atoms with Crippen molar-refractivity contribution in [3.8, 4) is 0 Å². The fraction of sp³-hybridized carbons (Fsp3) is 0.500. The first-order valence-electron chi connectivity index (χ1n) is 6.46. The van der Waals surface area contributed by atoms with E-state index in [-0.39, 0.29) is 0 Å². The Bertz CT molecular complexity index is 603. The van der Waals surface area contributed by atoms with Crippen molar-refractivity contribution in [2.24, 2.45) is 0 Å². The van der Waals surface area contributed by atoms with E-state index in [0.717, 1.165) is 11.2 Å². The highest BCUT2D eigenvalue weighted by Gasteiger charge is 2.44. The second-order valence-electron chi connectivity index (χ2n) is 5.82. The minimum absolute atomic E-state index is 0.322. The van der Waals surface area contributed by atoms with Gasteiger partial charge in [0.1, 0.15) is 5.82 Å². The largest absolute Gasteiger partial charge is 0.399 e. The van der Waals surface area contributed by atoms with Crippen molar-refractivity contribution in [3.63, 3.8) is 0 Å². The maximum atomic E-state index is 5.85. The van der Waals surface area contributed by atoms with E-state index in [9.17, 15) is 0 Å². The molecule has 0 bridgehead atoms. The molecule has 1 aromatic carbocycles. The number of aromatic nitrogens is 2. The zero-order chi connectivity index (χ0) is 11.6. The molecule has 2 fully saturated rings. The van der Waals surface area contributed by atoms with Gasteiger partial charge in [0.25, 0.3) is 0 Å². The van der Waals surface area contributed by atoms with E-state index in [1.165, 1.54) is 37.0 Å². The maximum Gasteiger partial charge on any atom is 0.113 e. The molecule has 88 valence electrons. The van der Waals surface area contributed by atoms with Gasteiger partial charge in [-0.15, -0.1) is 0 Å². The fourth-order valence-electron chi connectivity index (χ4n) is 2.70. The highest BCUT2D eigenvalue weighted by atomic mass is 15.2. The van der Waals surface area contributed by atoms with Crippen molar-refractivity contribution in [2.45, 2.75) is 44.1 Å². The van der Waals surface area contributed by atoms with E-state index in [4.69, 9.17) is 10.7 Å². The standard InChI is InChI=1S/C14H17N3/c1-14(6-7-14)17-12-5-4-10(15)8-11(12)16-13(17)9-2-3-9/h4-5,8-9H,2-3,6-7,15H2,1H3. The minimum atomic E-state index is 0.322. The summed E-state index contributed by atoms with van der Waals surface area (Å²) in [4.78, 5) is 4.82. The molecular weight excluding hydrogens is 210 g/mol. The summed E-state index contributed by atoms with van der Waals surface area (Å²) >= 11 is 0. The van der Waals surface area contributed by atoms with Gasteiger partial charge in [-0.1, -0.05) is 0 Å². The van der Waals surface area contributed by atoms with Gasteiger partial charge in [-0.3, -0.25) is 0 Å².